The van der Waals surface area contributed by atoms with E-state index < -0.39 is 0 Å². The Balaban J connectivity index is 2.54. The molecule has 0 fully saturated rings. The molecule has 3 heteroatoms. The van der Waals surface area contributed by atoms with Crippen LogP contribution in [0.3, 0.4) is 0 Å². The van der Waals surface area contributed by atoms with Crippen LogP contribution in [0.4, 0.5) is 5.69 Å². The largest absolute Gasteiger partial charge is 0.456 e. The quantitative estimate of drug-likeness (QED) is 0.574. The highest BCUT2D eigenvalue weighted by molar-refractivity contribution is 7.99. The summed E-state index contributed by atoms with van der Waals surface area (Å²) >= 11 is 1.70. The molecule has 42 valence electrons. The summed E-state index contributed by atoms with van der Waals surface area (Å²) < 4.78 is 5.08. The lowest BCUT2D eigenvalue weighted by atomic mass is 10.5. The van der Waals surface area contributed by atoms with Crippen molar-refractivity contribution < 1.29 is 4.42 Å². The van der Waals surface area contributed by atoms with Crippen molar-refractivity contribution in [2.24, 2.45) is 0 Å². The van der Waals surface area contributed by atoms with Gasteiger partial charge in [-0.25, -0.2) is 0 Å². The number of fused-ring (bicyclic) bond motifs is 1. The van der Waals surface area contributed by atoms with Crippen molar-refractivity contribution in [3.63, 3.8) is 0 Å². The summed E-state index contributed by atoms with van der Waals surface area (Å²) in [5.41, 5.74) is 1.13. The highest BCUT2D eigenvalue weighted by Crippen LogP contribution is 2.33. The Labute approximate surface area is 51.3 Å². The van der Waals surface area contributed by atoms with Crippen LogP contribution in [0.15, 0.2) is 21.8 Å². The van der Waals surface area contributed by atoms with Gasteiger partial charge in [-0.3, -0.25) is 0 Å². The van der Waals surface area contributed by atoms with Crippen LogP contribution >= 0.6 is 11.8 Å². The third-order valence-corrected chi connectivity index (χ3v) is 1.96. The third-order valence-electron chi connectivity index (χ3n) is 1.10. The molecule has 2 nitrogen and oxygen atoms in total. The van der Waals surface area contributed by atoms with Crippen LogP contribution < -0.4 is 5.32 Å². The lowest BCUT2D eigenvalue weighted by Crippen LogP contribution is -1.85. The summed E-state index contributed by atoms with van der Waals surface area (Å²) in [5.74, 6) is 0.953. The van der Waals surface area contributed by atoms with Gasteiger partial charge in [0.1, 0.15) is 0 Å². The van der Waals surface area contributed by atoms with Crippen LogP contribution in [0.2, 0.25) is 0 Å². The molecule has 2 heterocycles. The first-order valence-electron chi connectivity index (χ1n) is 2.41. The molecular formula is C5H5NOS. The van der Waals surface area contributed by atoms with Crippen molar-refractivity contribution in [2.45, 2.75) is 5.09 Å². The Morgan fingerprint density at radius 3 is 3.62 bits per heavy atom. The summed E-state index contributed by atoms with van der Waals surface area (Å²) in [7, 11) is 0. The molecule has 0 spiro atoms. The minimum atomic E-state index is 0.953. The summed E-state index contributed by atoms with van der Waals surface area (Å²) in [6, 6.07) is 1.94. The van der Waals surface area contributed by atoms with E-state index in [4.69, 9.17) is 4.42 Å². The van der Waals surface area contributed by atoms with E-state index >= 15 is 0 Å². The highest BCUT2D eigenvalue weighted by Gasteiger charge is 2.11. The average Bonchev–Trinajstić information content (AvgIpc) is 2.15. The zero-order valence-corrected chi connectivity index (χ0v) is 4.99. The monoisotopic (exact) mass is 127 g/mol. The second-order valence-corrected chi connectivity index (χ2v) is 2.54. The number of nitrogens with one attached hydrogen (secondary N) is 1. The highest BCUT2D eigenvalue weighted by atomic mass is 32.2. The number of hydrogen-bond donors (Lipinski definition) is 1. The van der Waals surface area contributed by atoms with Gasteiger partial charge in [-0.15, -0.1) is 0 Å². The zero-order chi connectivity index (χ0) is 5.40. The average molecular weight is 127 g/mol. The maximum Gasteiger partial charge on any atom is 0.184 e. The van der Waals surface area contributed by atoms with Crippen LogP contribution in [0.5, 0.6) is 0 Å². The van der Waals surface area contributed by atoms with E-state index in [1.165, 1.54) is 0 Å². The Morgan fingerprint density at radius 2 is 2.75 bits per heavy atom. The lowest BCUT2D eigenvalue weighted by molar-refractivity contribution is 0.479. The van der Waals surface area contributed by atoms with Crippen molar-refractivity contribution in [3.05, 3.63) is 12.3 Å². The van der Waals surface area contributed by atoms with Gasteiger partial charge in [-0.1, -0.05) is 11.8 Å². The van der Waals surface area contributed by atoms with Gasteiger partial charge in [-0.2, -0.15) is 0 Å². The molecule has 0 atom stereocenters. The Kier molecular flexibility index (Phi) is 0.784. The van der Waals surface area contributed by atoms with Crippen LogP contribution in [0, 0.1) is 0 Å². The molecule has 0 radical (unpaired) electrons. The molecule has 0 unspecified atom stereocenters. The minimum absolute atomic E-state index is 0.953. The number of hydrogen-bond acceptors (Lipinski definition) is 3. The first-order valence-corrected chi connectivity index (χ1v) is 3.39. The Morgan fingerprint density at radius 1 is 1.75 bits per heavy atom. The number of thioether (sulfide) groups is 1. The summed E-state index contributed by atoms with van der Waals surface area (Å²) in [4.78, 5) is 0. The number of anilines is 1. The van der Waals surface area contributed by atoms with E-state index in [1.807, 2.05) is 6.07 Å². The van der Waals surface area contributed by atoms with Crippen molar-refractivity contribution in [3.8, 4) is 0 Å². The lowest BCUT2D eigenvalue weighted by Gasteiger charge is -1.83. The van der Waals surface area contributed by atoms with Gasteiger partial charge in [0.25, 0.3) is 0 Å². The minimum Gasteiger partial charge on any atom is -0.456 e. The fourth-order valence-corrected chi connectivity index (χ4v) is 1.50. The van der Waals surface area contributed by atoms with Gasteiger partial charge in [0, 0.05) is 6.07 Å². The van der Waals surface area contributed by atoms with E-state index in [2.05, 4.69) is 5.32 Å². The van der Waals surface area contributed by atoms with Gasteiger partial charge in [-0.05, 0) is 0 Å². The molecule has 1 aromatic heterocycles. The second kappa shape index (κ2) is 1.45. The molecule has 0 aliphatic carbocycles. The fraction of sp³-hybridized carbons (Fsp3) is 0.200. The predicted molar refractivity (Wildman–Crippen MR) is 33.1 cm³/mol. The molecule has 1 aliphatic rings. The second-order valence-electron chi connectivity index (χ2n) is 1.59. The first kappa shape index (κ1) is 4.32. The van der Waals surface area contributed by atoms with E-state index in [9.17, 15) is 0 Å². The van der Waals surface area contributed by atoms with Crippen LogP contribution in [-0.2, 0) is 0 Å². The summed E-state index contributed by atoms with van der Waals surface area (Å²) in [6.07, 6.45) is 1.70. The van der Waals surface area contributed by atoms with Crippen molar-refractivity contribution in [2.75, 3.05) is 11.2 Å². The molecular weight excluding hydrogens is 122 g/mol. The predicted octanol–water partition coefficient (Wildman–Crippen LogP) is 1.75. The molecule has 2 rings (SSSR count). The van der Waals surface area contributed by atoms with Crippen molar-refractivity contribution in [1.29, 1.82) is 0 Å². The fourth-order valence-electron chi connectivity index (χ4n) is 0.718. The molecule has 1 aromatic rings. The van der Waals surface area contributed by atoms with Gasteiger partial charge < -0.3 is 9.73 Å². The van der Waals surface area contributed by atoms with Crippen LogP contribution in [-0.4, -0.2) is 5.88 Å². The standard InChI is InChI=1S/C5H5NOS/c1-2-7-5-4(1)6-3-8-5/h1-2,6H,3H2. The molecule has 0 saturated heterocycles. The number of furan rings is 1. The van der Waals surface area contributed by atoms with Gasteiger partial charge >= 0.3 is 0 Å². The van der Waals surface area contributed by atoms with Gasteiger partial charge in [0.15, 0.2) is 5.09 Å². The summed E-state index contributed by atoms with van der Waals surface area (Å²) in [6.45, 7) is 0. The number of rotatable bonds is 0. The van der Waals surface area contributed by atoms with Crippen molar-refractivity contribution >= 4 is 17.4 Å². The smallest absolute Gasteiger partial charge is 0.184 e. The van der Waals surface area contributed by atoms with Crippen LogP contribution in [0.1, 0.15) is 0 Å². The normalized spacial score (nSPS) is 15.5. The SMILES string of the molecule is c1cc2c(o1)SCN2. The molecule has 0 saturated carbocycles. The summed E-state index contributed by atoms with van der Waals surface area (Å²) in [5, 5.41) is 4.17. The van der Waals surface area contributed by atoms with E-state index in [0.29, 0.717) is 0 Å². The maximum absolute atomic E-state index is 5.08. The van der Waals surface area contributed by atoms with Crippen molar-refractivity contribution in [1.82, 2.24) is 0 Å². The molecule has 0 bridgehead atoms. The van der Waals surface area contributed by atoms with E-state index in [0.717, 1.165) is 16.7 Å². The third kappa shape index (κ3) is 0.448. The van der Waals surface area contributed by atoms with Gasteiger partial charge in [0.05, 0.1) is 17.8 Å². The first-order chi connectivity index (χ1) is 3.97. The van der Waals surface area contributed by atoms with E-state index in [-0.39, 0.29) is 0 Å². The Bertz CT molecular complexity index is 178. The van der Waals surface area contributed by atoms with Gasteiger partial charge in [0.2, 0.25) is 0 Å². The zero-order valence-electron chi connectivity index (χ0n) is 4.18. The molecule has 8 heavy (non-hydrogen) atoms. The molecule has 1 aliphatic heterocycles. The topological polar surface area (TPSA) is 25.2 Å². The van der Waals surface area contributed by atoms with Crippen LogP contribution in [0.25, 0.3) is 0 Å². The van der Waals surface area contributed by atoms with E-state index in [1.54, 1.807) is 18.0 Å². The molecule has 0 amide bonds. The Hall–Kier alpha value is -0.570. The maximum atomic E-state index is 5.08. The molecule has 0 aromatic carbocycles. The molecule has 1 N–H and O–H groups in total.